The van der Waals surface area contributed by atoms with Gasteiger partial charge < -0.3 is 14.5 Å². The van der Waals surface area contributed by atoms with E-state index in [0.717, 1.165) is 17.4 Å². The Morgan fingerprint density at radius 1 is 0.812 bits per heavy atom. The summed E-state index contributed by atoms with van der Waals surface area (Å²) in [6.45, 7) is 1.84. The van der Waals surface area contributed by atoms with Crippen molar-refractivity contribution in [1.82, 2.24) is 9.80 Å². The minimum atomic E-state index is -0.489. The highest BCUT2D eigenvalue weighted by molar-refractivity contribution is 6.33. The molecule has 0 atom stereocenters. The van der Waals surface area contributed by atoms with Gasteiger partial charge in [0.05, 0.1) is 10.6 Å². The van der Waals surface area contributed by atoms with E-state index in [2.05, 4.69) is 0 Å². The first-order valence-corrected chi connectivity index (χ1v) is 10.7. The zero-order valence-electron chi connectivity index (χ0n) is 17.3. The number of hydrogen-bond donors (Lipinski definition) is 0. The first-order chi connectivity index (χ1) is 15.5. The van der Waals surface area contributed by atoms with E-state index in [9.17, 15) is 14.0 Å². The van der Waals surface area contributed by atoms with Crippen LogP contribution in [-0.4, -0.2) is 47.8 Å². The molecule has 5 nitrogen and oxygen atoms in total. The number of carbonyl (C=O) groups excluding carboxylic acids is 2. The molecular formula is C25H22ClFN2O3. The predicted molar refractivity (Wildman–Crippen MR) is 120 cm³/mol. The highest BCUT2D eigenvalue weighted by atomic mass is 35.5. The number of nitrogens with zero attached hydrogens (tertiary/aromatic N) is 2. The monoisotopic (exact) mass is 452 g/mol. The lowest BCUT2D eigenvalue weighted by atomic mass is 10.1. The van der Waals surface area contributed by atoms with Crippen molar-refractivity contribution in [1.29, 1.82) is 0 Å². The van der Waals surface area contributed by atoms with Crippen LogP contribution in [0, 0.1) is 5.82 Å². The molecule has 1 fully saturated rings. The van der Waals surface area contributed by atoms with Gasteiger partial charge in [0.15, 0.2) is 0 Å². The van der Waals surface area contributed by atoms with Crippen molar-refractivity contribution in [2.45, 2.75) is 6.61 Å². The van der Waals surface area contributed by atoms with Crippen molar-refractivity contribution in [3.8, 4) is 5.75 Å². The van der Waals surface area contributed by atoms with Crippen LogP contribution in [0.5, 0.6) is 5.75 Å². The van der Waals surface area contributed by atoms with Crippen LogP contribution in [0.2, 0.25) is 5.02 Å². The zero-order chi connectivity index (χ0) is 22.5. The van der Waals surface area contributed by atoms with E-state index in [-0.39, 0.29) is 29.0 Å². The van der Waals surface area contributed by atoms with E-state index in [0.29, 0.717) is 31.7 Å². The lowest BCUT2D eigenvalue weighted by Crippen LogP contribution is -2.50. The lowest BCUT2D eigenvalue weighted by Gasteiger charge is -2.35. The first-order valence-electron chi connectivity index (χ1n) is 10.3. The van der Waals surface area contributed by atoms with Gasteiger partial charge in [-0.2, -0.15) is 0 Å². The van der Waals surface area contributed by atoms with Crippen LogP contribution in [-0.2, 0) is 6.61 Å². The van der Waals surface area contributed by atoms with Gasteiger partial charge in [0.2, 0.25) is 0 Å². The predicted octanol–water partition coefficient (Wildman–Crippen LogP) is 4.66. The number of ether oxygens (including phenoxy) is 1. The molecule has 3 aromatic carbocycles. The van der Waals surface area contributed by atoms with Gasteiger partial charge in [0.1, 0.15) is 18.2 Å². The molecule has 3 aromatic rings. The molecule has 32 heavy (non-hydrogen) atoms. The Bertz CT molecular complexity index is 1120. The van der Waals surface area contributed by atoms with Gasteiger partial charge in [0, 0.05) is 37.3 Å². The lowest BCUT2D eigenvalue weighted by molar-refractivity contribution is 0.0534. The van der Waals surface area contributed by atoms with Gasteiger partial charge in [0.25, 0.3) is 11.8 Å². The highest BCUT2D eigenvalue weighted by Gasteiger charge is 2.27. The Hall–Kier alpha value is -3.38. The van der Waals surface area contributed by atoms with Crippen LogP contribution in [0.25, 0.3) is 0 Å². The van der Waals surface area contributed by atoms with Crippen molar-refractivity contribution in [3.05, 3.63) is 100 Å². The largest absolute Gasteiger partial charge is 0.489 e. The molecule has 4 rings (SSSR count). The standard InChI is InChI=1S/C25H22ClFN2O3/c26-23-16-19(27)10-11-22(23)25(31)29-14-12-28(13-15-29)24(30)21-9-5-4-6-18(21)17-32-20-7-2-1-3-8-20/h1-11,16H,12-15,17H2. The summed E-state index contributed by atoms with van der Waals surface area (Å²) in [7, 11) is 0. The summed E-state index contributed by atoms with van der Waals surface area (Å²) in [5, 5.41) is 0.0841. The second-order valence-corrected chi connectivity index (χ2v) is 7.87. The van der Waals surface area contributed by atoms with E-state index < -0.39 is 5.82 Å². The van der Waals surface area contributed by atoms with E-state index in [1.165, 1.54) is 12.1 Å². The van der Waals surface area contributed by atoms with Crippen LogP contribution in [0.4, 0.5) is 4.39 Å². The topological polar surface area (TPSA) is 49.9 Å². The quantitative estimate of drug-likeness (QED) is 0.566. The van der Waals surface area contributed by atoms with E-state index in [4.69, 9.17) is 16.3 Å². The Labute approximate surface area is 191 Å². The van der Waals surface area contributed by atoms with Crippen molar-refractivity contribution in [2.24, 2.45) is 0 Å². The highest BCUT2D eigenvalue weighted by Crippen LogP contribution is 2.21. The summed E-state index contributed by atoms with van der Waals surface area (Å²) in [6.07, 6.45) is 0. The van der Waals surface area contributed by atoms with Crippen molar-refractivity contribution in [3.63, 3.8) is 0 Å². The number of hydrogen-bond acceptors (Lipinski definition) is 3. The Balaban J connectivity index is 1.40. The third-order valence-corrected chi connectivity index (χ3v) is 5.71. The molecule has 164 valence electrons. The fourth-order valence-electron chi connectivity index (χ4n) is 3.65. The summed E-state index contributed by atoms with van der Waals surface area (Å²) in [6, 6.07) is 20.6. The molecule has 0 radical (unpaired) electrons. The molecule has 0 spiro atoms. The van der Waals surface area contributed by atoms with Crippen molar-refractivity contribution < 1.29 is 18.7 Å². The smallest absolute Gasteiger partial charge is 0.255 e. The molecule has 0 aliphatic carbocycles. The van der Waals surface area contributed by atoms with Crippen molar-refractivity contribution in [2.75, 3.05) is 26.2 Å². The number of rotatable bonds is 5. The molecule has 0 unspecified atom stereocenters. The minimum Gasteiger partial charge on any atom is -0.489 e. The Morgan fingerprint density at radius 2 is 1.41 bits per heavy atom. The summed E-state index contributed by atoms with van der Waals surface area (Å²) < 4.78 is 19.1. The van der Waals surface area contributed by atoms with Gasteiger partial charge in [-0.1, -0.05) is 48.0 Å². The SMILES string of the molecule is O=C(c1ccc(F)cc1Cl)N1CCN(C(=O)c2ccccc2COc2ccccc2)CC1. The second-order valence-electron chi connectivity index (χ2n) is 7.47. The zero-order valence-corrected chi connectivity index (χ0v) is 18.1. The first kappa shape index (κ1) is 21.8. The number of benzene rings is 3. The van der Waals surface area contributed by atoms with E-state index >= 15 is 0 Å². The number of piperazine rings is 1. The molecule has 1 saturated heterocycles. The van der Waals surface area contributed by atoms with E-state index in [1.807, 2.05) is 48.5 Å². The fourth-order valence-corrected chi connectivity index (χ4v) is 3.90. The van der Waals surface area contributed by atoms with Crippen LogP contribution >= 0.6 is 11.6 Å². The summed E-state index contributed by atoms with van der Waals surface area (Å²) in [4.78, 5) is 29.3. The van der Waals surface area contributed by atoms with Gasteiger partial charge in [-0.05, 0) is 36.4 Å². The summed E-state index contributed by atoms with van der Waals surface area (Å²) in [5.41, 5.74) is 1.65. The molecule has 0 N–H and O–H groups in total. The summed E-state index contributed by atoms with van der Waals surface area (Å²) >= 11 is 6.03. The molecule has 1 heterocycles. The molecule has 0 saturated carbocycles. The number of amides is 2. The van der Waals surface area contributed by atoms with Gasteiger partial charge in [-0.25, -0.2) is 4.39 Å². The van der Waals surface area contributed by atoms with Gasteiger partial charge >= 0.3 is 0 Å². The molecule has 0 aromatic heterocycles. The molecule has 1 aliphatic heterocycles. The number of para-hydroxylation sites is 1. The van der Waals surface area contributed by atoms with Crippen LogP contribution < -0.4 is 4.74 Å². The maximum absolute atomic E-state index is 13.3. The average Bonchev–Trinajstić information content (AvgIpc) is 2.83. The van der Waals surface area contributed by atoms with E-state index in [1.54, 1.807) is 15.9 Å². The number of halogens is 2. The Kier molecular flexibility index (Phi) is 6.71. The normalized spacial score (nSPS) is 13.7. The third kappa shape index (κ3) is 4.92. The van der Waals surface area contributed by atoms with Crippen LogP contribution in [0.15, 0.2) is 72.8 Å². The summed E-state index contributed by atoms with van der Waals surface area (Å²) in [5.74, 6) is -0.110. The average molecular weight is 453 g/mol. The number of carbonyl (C=O) groups is 2. The van der Waals surface area contributed by atoms with Gasteiger partial charge in [-0.15, -0.1) is 0 Å². The molecule has 2 amide bonds. The molecule has 7 heteroatoms. The molecular weight excluding hydrogens is 431 g/mol. The molecule has 0 bridgehead atoms. The maximum Gasteiger partial charge on any atom is 0.255 e. The minimum absolute atomic E-state index is 0.0841. The third-order valence-electron chi connectivity index (χ3n) is 5.40. The maximum atomic E-state index is 13.3. The Morgan fingerprint density at radius 3 is 2.06 bits per heavy atom. The molecule has 1 aliphatic rings. The fraction of sp³-hybridized carbons (Fsp3) is 0.200. The van der Waals surface area contributed by atoms with Crippen LogP contribution in [0.1, 0.15) is 26.3 Å². The van der Waals surface area contributed by atoms with Gasteiger partial charge in [-0.3, -0.25) is 9.59 Å². The van der Waals surface area contributed by atoms with Crippen molar-refractivity contribution >= 4 is 23.4 Å². The second kappa shape index (κ2) is 9.83. The van der Waals surface area contributed by atoms with Crippen LogP contribution in [0.3, 0.4) is 0 Å².